The molecule has 0 fully saturated rings. The minimum atomic E-state index is -0.501. The zero-order chi connectivity index (χ0) is 13.7. The van der Waals surface area contributed by atoms with Crippen molar-refractivity contribution in [1.29, 1.82) is 0 Å². The van der Waals surface area contributed by atoms with E-state index in [1.807, 2.05) is 0 Å². The Morgan fingerprint density at radius 3 is 2.78 bits per heavy atom. The maximum atomic E-state index is 10.8. The van der Waals surface area contributed by atoms with Crippen molar-refractivity contribution in [2.75, 3.05) is 25.0 Å². The Kier molecular flexibility index (Phi) is 5.05. The van der Waals surface area contributed by atoms with Gasteiger partial charge in [-0.1, -0.05) is 0 Å². The predicted molar refractivity (Wildman–Crippen MR) is 67.6 cm³/mol. The number of anilines is 1. The first-order valence-electron chi connectivity index (χ1n) is 5.73. The number of nitrogens with one attached hydrogen (secondary N) is 2. The molecule has 0 saturated heterocycles. The van der Waals surface area contributed by atoms with E-state index in [1.165, 1.54) is 0 Å². The second-order valence-corrected chi connectivity index (χ2v) is 4.13. The third kappa shape index (κ3) is 3.67. The largest absolute Gasteiger partial charge is 0.406 e. The summed E-state index contributed by atoms with van der Waals surface area (Å²) in [5, 5.41) is 25.8. The van der Waals surface area contributed by atoms with Crippen LogP contribution in [0.15, 0.2) is 0 Å². The molecule has 0 aromatic carbocycles. The van der Waals surface area contributed by atoms with Crippen molar-refractivity contribution in [3.05, 3.63) is 15.9 Å². The molecular formula is C10H19N5O3. The second-order valence-electron chi connectivity index (χ2n) is 4.13. The average molecular weight is 257 g/mol. The Morgan fingerprint density at radius 2 is 2.22 bits per heavy atom. The molecular weight excluding hydrogens is 238 g/mol. The minimum Gasteiger partial charge on any atom is -0.392 e. The van der Waals surface area contributed by atoms with E-state index in [0.29, 0.717) is 31.3 Å². The molecule has 8 nitrogen and oxygen atoms in total. The molecule has 1 aromatic rings. The van der Waals surface area contributed by atoms with Crippen molar-refractivity contribution in [3.8, 4) is 0 Å². The third-order valence-electron chi connectivity index (χ3n) is 2.51. The van der Waals surface area contributed by atoms with Crippen LogP contribution in [0.25, 0.3) is 0 Å². The minimum absolute atomic E-state index is 0.162. The smallest absolute Gasteiger partial charge is 0.392 e. The molecule has 0 radical (unpaired) electrons. The molecule has 0 saturated carbocycles. The summed E-state index contributed by atoms with van der Waals surface area (Å²) in [5.74, 6) is 0.822. The summed E-state index contributed by atoms with van der Waals surface area (Å²) in [4.78, 5) is 14.2. The quantitative estimate of drug-likeness (QED) is 0.361. The number of aryl methyl sites for hydroxylation is 1. The standard InChI is InChI=1S/C10H19N5O3/c1-7(16)6-11-4-5-12-9-10(15(17)18)13-8(2)14(9)3/h7,11-12,16H,4-6H2,1-3H3. The van der Waals surface area contributed by atoms with E-state index < -0.39 is 11.0 Å². The zero-order valence-corrected chi connectivity index (χ0v) is 10.8. The van der Waals surface area contributed by atoms with Crippen molar-refractivity contribution >= 4 is 11.6 Å². The molecule has 0 spiro atoms. The molecule has 3 N–H and O–H groups in total. The second kappa shape index (κ2) is 6.31. The number of aliphatic hydroxyl groups is 1. The average Bonchev–Trinajstić information content (AvgIpc) is 2.56. The van der Waals surface area contributed by atoms with Crippen molar-refractivity contribution in [2.45, 2.75) is 20.0 Å². The van der Waals surface area contributed by atoms with E-state index in [9.17, 15) is 10.1 Å². The number of hydrogen-bond donors (Lipinski definition) is 3. The molecule has 1 rings (SSSR count). The lowest BCUT2D eigenvalue weighted by atomic mass is 10.4. The Morgan fingerprint density at radius 1 is 1.56 bits per heavy atom. The lowest BCUT2D eigenvalue weighted by molar-refractivity contribution is -0.388. The van der Waals surface area contributed by atoms with Crippen LogP contribution in [0.1, 0.15) is 12.7 Å². The predicted octanol–water partition coefficient (Wildman–Crippen LogP) is 0.0190. The molecule has 1 unspecified atom stereocenters. The van der Waals surface area contributed by atoms with Gasteiger partial charge in [0, 0.05) is 33.6 Å². The van der Waals surface area contributed by atoms with Gasteiger partial charge < -0.3 is 25.9 Å². The van der Waals surface area contributed by atoms with E-state index in [4.69, 9.17) is 5.11 Å². The summed E-state index contributed by atoms with van der Waals surface area (Å²) in [6, 6.07) is 0. The van der Waals surface area contributed by atoms with Crippen molar-refractivity contribution in [2.24, 2.45) is 7.05 Å². The first-order chi connectivity index (χ1) is 8.43. The number of nitrogens with zero attached hydrogens (tertiary/aromatic N) is 3. The number of nitro groups is 1. The van der Waals surface area contributed by atoms with Crippen LogP contribution in [0.2, 0.25) is 0 Å². The van der Waals surface area contributed by atoms with Crippen LogP contribution in [-0.4, -0.2) is 45.3 Å². The highest BCUT2D eigenvalue weighted by Gasteiger charge is 2.22. The molecule has 0 aliphatic carbocycles. The molecule has 1 aromatic heterocycles. The van der Waals surface area contributed by atoms with Crippen LogP contribution < -0.4 is 10.6 Å². The van der Waals surface area contributed by atoms with Gasteiger partial charge in [0.2, 0.25) is 11.6 Å². The van der Waals surface area contributed by atoms with E-state index in [2.05, 4.69) is 15.6 Å². The molecule has 0 bridgehead atoms. The number of aromatic nitrogens is 2. The number of hydrogen-bond acceptors (Lipinski definition) is 6. The number of imidazole rings is 1. The normalized spacial score (nSPS) is 12.4. The van der Waals surface area contributed by atoms with Crippen LogP contribution in [0.3, 0.4) is 0 Å². The summed E-state index contributed by atoms with van der Waals surface area (Å²) in [5.41, 5.74) is 0. The maximum Gasteiger partial charge on any atom is 0.406 e. The third-order valence-corrected chi connectivity index (χ3v) is 2.51. The molecule has 8 heteroatoms. The molecule has 102 valence electrons. The Hall–Kier alpha value is -1.67. The first-order valence-corrected chi connectivity index (χ1v) is 5.73. The first kappa shape index (κ1) is 14.4. The highest BCUT2D eigenvalue weighted by Crippen LogP contribution is 2.23. The summed E-state index contributed by atoms with van der Waals surface area (Å²) in [6.45, 7) is 5.02. The number of rotatable bonds is 7. The van der Waals surface area contributed by atoms with E-state index in [0.717, 1.165) is 0 Å². The summed E-state index contributed by atoms with van der Waals surface area (Å²) in [6.07, 6.45) is -0.404. The lowest BCUT2D eigenvalue weighted by Crippen LogP contribution is -2.29. The fourth-order valence-electron chi connectivity index (χ4n) is 1.50. The summed E-state index contributed by atoms with van der Waals surface area (Å²) >= 11 is 0. The van der Waals surface area contributed by atoms with Gasteiger partial charge in [-0.2, -0.15) is 0 Å². The van der Waals surface area contributed by atoms with Crippen LogP contribution in [0.4, 0.5) is 11.6 Å². The number of aliphatic hydroxyl groups excluding tert-OH is 1. The topological polar surface area (TPSA) is 105 Å². The fourth-order valence-corrected chi connectivity index (χ4v) is 1.50. The van der Waals surface area contributed by atoms with Crippen LogP contribution in [0.5, 0.6) is 0 Å². The fraction of sp³-hybridized carbons (Fsp3) is 0.700. The van der Waals surface area contributed by atoms with E-state index in [-0.39, 0.29) is 5.82 Å². The van der Waals surface area contributed by atoms with Crippen LogP contribution >= 0.6 is 0 Å². The van der Waals surface area contributed by atoms with Crippen LogP contribution in [-0.2, 0) is 7.05 Å². The van der Waals surface area contributed by atoms with E-state index in [1.54, 1.807) is 25.5 Å². The zero-order valence-electron chi connectivity index (χ0n) is 10.8. The highest BCUT2D eigenvalue weighted by molar-refractivity contribution is 5.53. The maximum absolute atomic E-state index is 10.8. The molecule has 1 heterocycles. The summed E-state index contributed by atoms with van der Waals surface area (Å²) < 4.78 is 1.65. The summed E-state index contributed by atoms with van der Waals surface area (Å²) in [7, 11) is 1.72. The Balaban J connectivity index is 2.53. The van der Waals surface area contributed by atoms with Crippen LogP contribution in [0, 0.1) is 17.0 Å². The SMILES string of the molecule is Cc1nc([N+](=O)[O-])c(NCCNCC(C)O)n1C. The molecule has 0 aliphatic rings. The molecule has 1 atom stereocenters. The molecule has 18 heavy (non-hydrogen) atoms. The lowest BCUT2D eigenvalue weighted by Gasteiger charge is -2.09. The van der Waals surface area contributed by atoms with Gasteiger partial charge >= 0.3 is 5.82 Å². The van der Waals surface area contributed by atoms with Gasteiger partial charge in [-0.05, 0) is 16.8 Å². The van der Waals surface area contributed by atoms with Gasteiger partial charge in [-0.25, -0.2) is 0 Å². The van der Waals surface area contributed by atoms with E-state index >= 15 is 0 Å². The Labute approximate surface area is 105 Å². The monoisotopic (exact) mass is 257 g/mol. The van der Waals surface area contributed by atoms with Crippen molar-refractivity contribution < 1.29 is 10.0 Å². The van der Waals surface area contributed by atoms with Crippen molar-refractivity contribution in [1.82, 2.24) is 14.9 Å². The van der Waals surface area contributed by atoms with Gasteiger partial charge in [-0.3, -0.25) is 4.57 Å². The van der Waals surface area contributed by atoms with Gasteiger partial charge in [0.25, 0.3) is 0 Å². The van der Waals surface area contributed by atoms with Crippen molar-refractivity contribution in [3.63, 3.8) is 0 Å². The molecule has 0 aliphatic heterocycles. The van der Waals surface area contributed by atoms with Gasteiger partial charge in [0.05, 0.1) is 6.10 Å². The highest BCUT2D eigenvalue weighted by atomic mass is 16.6. The molecule has 0 amide bonds. The van der Waals surface area contributed by atoms with Gasteiger partial charge in [-0.15, -0.1) is 0 Å². The van der Waals surface area contributed by atoms with Gasteiger partial charge in [0.1, 0.15) is 0 Å². The van der Waals surface area contributed by atoms with Gasteiger partial charge in [0.15, 0.2) is 0 Å². The Bertz CT molecular complexity index is 416.